The topological polar surface area (TPSA) is 70.9 Å². The standard InChI is InChI=1S/C13H15FN2O3/c1-2-4-8-5-3-6-9(14)11(8)13-15-10(7-19-13)12(17)16-18/h3,5-6,10,18H,2,4,7H2,1H3,(H,16,17). The quantitative estimate of drug-likeness (QED) is 0.639. The number of nitrogens with zero attached hydrogens (tertiary/aromatic N) is 1. The van der Waals surface area contributed by atoms with Gasteiger partial charge in [-0.1, -0.05) is 25.5 Å². The van der Waals surface area contributed by atoms with Crippen LogP contribution < -0.4 is 5.48 Å². The van der Waals surface area contributed by atoms with Crippen molar-refractivity contribution >= 4 is 11.8 Å². The third kappa shape index (κ3) is 2.73. The first-order chi connectivity index (χ1) is 9.17. The van der Waals surface area contributed by atoms with E-state index in [1.807, 2.05) is 13.0 Å². The zero-order chi connectivity index (χ0) is 13.8. The number of halogens is 1. The summed E-state index contributed by atoms with van der Waals surface area (Å²) in [4.78, 5) is 15.3. The maximum Gasteiger partial charge on any atom is 0.271 e. The van der Waals surface area contributed by atoms with Gasteiger partial charge in [0.05, 0.1) is 5.56 Å². The molecule has 1 aliphatic heterocycles. The Hall–Kier alpha value is -1.95. The lowest BCUT2D eigenvalue weighted by molar-refractivity contribution is -0.130. The molecule has 1 aromatic rings. The van der Waals surface area contributed by atoms with Crippen molar-refractivity contribution in [2.24, 2.45) is 4.99 Å². The number of ether oxygens (including phenoxy) is 1. The van der Waals surface area contributed by atoms with Gasteiger partial charge in [-0.15, -0.1) is 0 Å². The molecule has 0 aliphatic carbocycles. The van der Waals surface area contributed by atoms with E-state index in [1.54, 1.807) is 6.07 Å². The maximum atomic E-state index is 13.9. The fourth-order valence-corrected chi connectivity index (χ4v) is 2.01. The van der Waals surface area contributed by atoms with E-state index in [9.17, 15) is 9.18 Å². The summed E-state index contributed by atoms with van der Waals surface area (Å²) in [5.74, 6) is -0.965. The van der Waals surface area contributed by atoms with Crippen LogP contribution in [0.2, 0.25) is 0 Å². The van der Waals surface area contributed by atoms with Gasteiger partial charge >= 0.3 is 0 Å². The minimum Gasteiger partial charge on any atom is -0.475 e. The molecule has 0 fully saturated rings. The third-order valence-corrected chi connectivity index (χ3v) is 2.90. The van der Waals surface area contributed by atoms with E-state index in [1.165, 1.54) is 11.5 Å². The Bertz CT molecular complexity index is 517. The molecule has 1 aliphatic rings. The second kappa shape index (κ2) is 5.79. The first-order valence-corrected chi connectivity index (χ1v) is 6.09. The van der Waals surface area contributed by atoms with Crippen LogP contribution in [0.25, 0.3) is 0 Å². The Morgan fingerprint density at radius 3 is 3.11 bits per heavy atom. The number of hydrogen-bond acceptors (Lipinski definition) is 4. The molecule has 1 amide bonds. The van der Waals surface area contributed by atoms with Crippen molar-refractivity contribution in [2.75, 3.05) is 6.61 Å². The number of amides is 1. The fraction of sp³-hybridized carbons (Fsp3) is 0.385. The smallest absolute Gasteiger partial charge is 0.271 e. The number of benzene rings is 1. The molecule has 2 rings (SSSR count). The van der Waals surface area contributed by atoms with Crippen LogP contribution >= 0.6 is 0 Å². The summed E-state index contributed by atoms with van der Waals surface area (Å²) in [6, 6.07) is 3.94. The van der Waals surface area contributed by atoms with Gasteiger partial charge in [0.2, 0.25) is 5.90 Å². The number of nitrogens with one attached hydrogen (secondary N) is 1. The van der Waals surface area contributed by atoms with Gasteiger partial charge in [-0.05, 0) is 18.1 Å². The first-order valence-electron chi connectivity index (χ1n) is 6.09. The molecule has 0 bridgehead atoms. The van der Waals surface area contributed by atoms with Crippen LogP contribution in [-0.2, 0) is 16.0 Å². The van der Waals surface area contributed by atoms with E-state index >= 15 is 0 Å². The van der Waals surface area contributed by atoms with Crippen LogP contribution in [0.4, 0.5) is 4.39 Å². The van der Waals surface area contributed by atoms with Gasteiger partial charge in [-0.3, -0.25) is 10.0 Å². The Balaban J connectivity index is 2.34. The SMILES string of the molecule is CCCc1cccc(F)c1C1=NC(C(=O)NO)CO1. The highest BCUT2D eigenvalue weighted by molar-refractivity contribution is 5.99. The van der Waals surface area contributed by atoms with Crippen molar-refractivity contribution in [3.63, 3.8) is 0 Å². The van der Waals surface area contributed by atoms with Crippen LogP contribution in [0.15, 0.2) is 23.2 Å². The molecule has 0 aromatic heterocycles. The van der Waals surface area contributed by atoms with Crippen molar-refractivity contribution in [3.8, 4) is 0 Å². The molecule has 0 radical (unpaired) electrons. The van der Waals surface area contributed by atoms with Crippen LogP contribution in [0.3, 0.4) is 0 Å². The predicted octanol–water partition coefficient (Wildman–Crippen LogP) is 1.43. The average Bonchev–Trinajstić information content (AvgIpc) is 2.87. The molecular weight excluding hydrogens is 251 g/mol. The van der Waals surface area contributed by atoms with E-state index < -0.39 is 17.8 Å². The molecule has 1 unspecified atom stereocenters. The number of carbonyl (C=O) groups excluding carboxylic acids is 1. The summed E-state index contributed by atoms with van der Waals surface area (Å²) in [5, 5.41) is 8.55. The molecule has 6 heteroatoms. The highest BCUT2D eigenvalue weighted by Gasteiger charge is 2.28. The van der Waals surface area contributed by atoms with Gasteiger partial charge in [0.25, 0.3) is 5.91 Å². The monoisotopic (exact) mass is 266 g/mol. The van der Waals surface area contributed by atoms with E-state index in [0.29, 0.717) is 12.0 Å². The number of aryl methyl sites for hydroxylation is 1. The normalized spacial score (nSPS) is 17.8. The van der Waals surface area contributed by atoms with Crippen molar-refractivity contribution < 1.29 is 19.1 Å². The molecule has 1 atom stereocenters. The first kappa shape index (κ1) is 13.5. The van der Waals surface area contributed by atoms with Crippen LogP contribution in [0.1, 0.15) is 24.5 Å². The minimum absolute atomic E-state index is 0.00161. The molecule has 102 valence electrons. The summed E-state index contributed by atoms with van der Waals surface area (Å²) in [7, 11) is 0. The third-order valence-electron chi connectivity index (χ3n) is 2.90. The lowest BCUT2D eigenvalue weighted by atomic mass is 10.0. The molecular formula is C13H15FN2O3. The number of carbonyl (C=O) groups is 1. The van der Waals surface area contributed by atoms with E-state index in [4.69, 9.17) is 9.94 Å². The zero-order valence-corrected chi connectivity index (χ0v) is 10.5. The van der Waals surface area contributed by atoms with E-state index in [-0.39, 0.29) is 12.5 Å². The van der Waals surface area contributed by atoms with Crippen LogP contribution in [0, 0.1) is 5.82 Å². The van der Waals surface area contributed by atoms with Gasteiger partial charge in [0.15, 0.2) is 6.04 Å². The number of hydroxylamine groups is 1. The Kier molecular flexibility index (Phi) is 4.11. The molecule has 5 nitrogen and oxygen atoms in total. The second-order valence-electron chi connectivity index (χ2n) is 4.26. The summed E-state index contributed by atoms with van der Waals surface area (Å²) >= 11 is 0. The molecule has 1 aromatic carbocycles. The van der Waals surface area contributed by atoms with E-state index in [0.717, 1.165) is 12.0 Å². The van der Waals surface area contributed by atoms with Crippen LogP contribution in [-0.4, -0.2) is 29.7 Å². The van der Waals surface area contributed by atoms with Gasteiger partial charge in [0.1, 0.15) is 12.4 Å². The molecule has 0 spiro atoms. The summed E-state index contributed by atoms with van der Waals surface area (Å²) in [6.45, 7) is 2.00. The Labute approximate surface area is 110 Å². The molecule has 0 saturated heterocycles. The molecule has 19 heavy (non-hydrogen) atoms. The summed E-state index contributed by atoms with van der Waals surface area (Å²) < 4.78 is 19.2. The highest BCUT2D eigenvalue weighted by Crippen LogP contribution is 2.20. The number of hydrogen-bond donors (Lipinski definition) is 2. The fourth-order valence-electron chi connectivity index (χ4n) is 2.01. The molecule has 1 heterocycles. The highest BCUT2D eigenvalue weighted by atomic mass is 19.1. The maximum absolute atomic E-state index is 13.9. The van der Waals surface area contributed by atoms with Gasteiger partial charge in [0, 0.05) is 0 Å². The largest absolute Gasteiger partial charge is 0.475 e. The van der Waals surface area contributed by atoms with Crippen molar-refractivity contribution in [2.45, 2.75) is 25.8 Å². The van der Waals surface area contributed by atoms with Gasteiger partial charge < -0.3 is 4.74 Å². The van der Waals surface area contributed by atoms with Crippen molar-refractivity contribution in [1.82, 2.24) is 5.48 Å². The summed E-state index contributed by atoms with van der Waals surface area (Å²) in [6.07, 6.45) is 1.57. The minimum atomic E-state index is -0.839. The molecule has 2 N–H and O–H groups in total. The Morgan fingerprint density at radius 2 is 2.42 bits per heavy atom. The average molecular weight is 266 g/mol. The zero-order valence-electron chi connectivity index (χ0n) is 10.5. The molecule has 0 saturated carbocycles. The Morgan fingerprint density at radius 1 is 1.63 bits per heavy atom. The lowest BCUT2D eigenvalue weighted by Gasteiger charge is -2.09. The van der Waals surface area contributed by atoms with E-state index in [2.05, 4.69) is 4.99 Å². The number of aliphatic imine (C=N–C) groups is 1. The predicted molar refractivity (Wildman–Crippen MR) is 66.6 cm³/mol. The van der Waals surface area contributed by atoms with Crippen molar-refractivity contribution in [1.29, 1.82) is 0 Å². The van der Waals surface area contributed by atoms with Gasteiger partial charge in [-0.2, -0.15) is 0 Å². The summed E-state index contributed by atoms with van der Waals surface area (Å²) in [5.41, 5.74) is 2.61. The van der Waals surface area contributed by atoms with Crippen molar-refractivity contribution in [3.05, 3.63) is 35.1 Å². The lowest BCUT2D eigenvalue weighted by Crippen LogP contribution is -2.31. The number of rotatable bonds is 4. The van der Waals surface area contributed by atoms with Gasteiger partial charge in [-0.25, -0.2) is 14.9 Å². The van der Waals surface area contributed by atoms with Crippen LogP contribution in [0.5, 0.6) is 0 Å². The second-order valence-corrected chi connectivity index (χ2v) is 4.26.